The van der Waals surface area contributed by atoms with Crippen molar-refractivity contribution < 1.29 is 31.8 Å². The summed E-state index contributed by atoms with van der Waals surface area (Å²) in [5, 5.41) is 0. The highest BCUT2D eigenvalue weighted by molar-refractivity contribution is 5.71. The van der Waals surface area contributed by atoms with E-state index < -0.39 is 29.6 Å². The molecule has 0 aromatic heterocycles. The summed E-state index contributed by atoms with van der Waals surface area (Å²) in [6.45, 7) is 6.29. The molecule has 1 fully saturated rings. The van der Waals surface area contributed by atoms with E-state index in [-0.39, 0.29) is 35.0 Å². The second kappa shape index (κ2) is 12.2. The third kappa shape index (κ3) is 5.95. The molecule has 0 bridgehead atoms. The van der Waals surface area contributed by atoms with Crippen molar-refractivity contribution in [3.05, 3.63) is 102 Å². The Morgan fingerprint density at radius 3 is 2.03 bits per heavy atom. The molecule has 3 aromatic rings. The zero-order valence-corrected chi connectivity index (χ0v) is 20.5. The Kier molecular flexibility index (Phi) is 8.79. The summed E-state index contributed by atoms with van der Waals surface area (Å²) in [6.07, 6.45) is 6.31. The van der Waals surface area contributed by atoms with Crippen LogP contribution in [0.3, 0.4) is 0 Å². The van der Waals surface area contributed by atoms with Crippen LogP contribution >= 0.6 is 0 Å². The van der Waals surface area contributed by atoms with Gasteiger partial charge in [0.25, 0.3) is 0 Å². The van der Waals surface area contributed by atoms with Crippen molar-refractivity contribution in [3.8, 4) is 28.0 Å². The number of halogens is 4. The van der Waals surface area contributed by atoms with E-state index in [9.17, 15) is 13.2 Å². The Morgan fingerprint density at radius 2 is 1.43 bits per heavy atom. The average molecular weight is 513 g/mol. The minimum absolute atomic E-state index is 0.00100. The van der Waals surface area contributed by atoms with Gasteiger partial charge in [-0.15, -0.1) is 0 Å². The molecule has 0 amide bonds. The fourth-order valence-corrected chi connectivity index (χ4v) is 4.20. The molecule has 0 unspecified atom stereocenters. The van der Waals surface area contributed by atoms with Gasteiger partial charge in [-0.3, -0.25) is 0 Å². The van der Waals surface area contributed by atoms with E-state index in [1.807, 2.05) is 13.0 Å². The monoisotopic (exact) mass is 512 g/mol. The first kappa shape index (κ1) is 26.6. The minimum Gasteiger partial charge on any atom is -0.486 e. The van der Waals surface area contributed by atoms with Gasteiger partial charge in [0.2, 0.25) is 5.82 Å². The lowest BCUT2D eigenvalue weighted by Gasteiger charge is -2.29. The van der Waals surface area contributed by atoms with Crippen molar-refractivity contribution in [1.82, 2.24) is 0 Å². The molecule has 1 aliphatic heterocycles. The molecule has 0 saturated carbocycles. The SMILES string of the molecule is C=CCOc1ccc(-c2ccc(-c3ccc(C4OCC(CCC=CC)CO4)c(F)c3F)cc2)c(F)c1F. The van der Waals surface area contributed by atoms with Crippen LogP contribution in [0.1, 0.15) is 31.6 Å². The van der Waals surface area contributed by atoms with Gasteiger partial charge in [-0.1, -0.05) is 61.2 Å². The molecule has 0 atom stereocenters. The smallest absolute Gasteiger partial charge is 0.201 e. The van der Waals surface area contributed by atoms with Crippen molar-refractivity contribution in [1.29, 1.82) is 0 Å². The van der Waals surface area contributed by atoms with E-state index in [4.69, 9.17) is 14.2 Å². The van der Waals surface area contributed by atoms with Crippen LogP contribution in [0.4, 0.5) is 17.6 Å². The molecule has 1 saturated heterocycles. The van der Waals surface area contributed by atoms with Crippen LogP contribution in [0.2, 0.25) is 0 Å². The maximum atomic E-state index is 15.0. The summed E-state index contributed by atoms with van der Waals surface area (Å²) < 4.78 is 75.5. The van der Waals surface area contributed by atoms with Crippen LogP contribution in [0, 0.1) is 29.2 Å². The Morgan fingerprint density at radius 1 is 0.838 bits per heavy atom. The quantitative estimate of drug-likeness (QED) is 0.214. The third-order valence-corrected chi connectivity index (χ3v) is 6.22. The predicted octanol–water partition coefficient (Wildman–Crippen LogP) is 8.16. The van der Waals surface area contributed by atoms with Crippen molar-refractivity contribution >= 4 is 0 Å². The molecule has 1 heterocycles. The molecule has 194 valence electrons. The predicted molar refractivity (Wildman–Crippen MR) is 135 cm³/mol. The Bertz CT molecular complexity index is 1260. The van der Waals surface area contributed by atoms with Crippen LogP contribution in [-0.4, -0.2) is 19.8 Å². The first-order chi connectivity index (χ1) is 17.9. The van der Waals surface area contributed by atoms with Crippen LogP contribution in [0.5, 0.6) is 5.75 Å². The molecule has 3 aromatic carbocycles. The van der Waals surface area contributed by atoms with Gasteiger partial charge in [0, 0.05) is 22.6 Å². The molecule has 1 aliphatic rings. The van der Waals surface area contributed by atoms with E-state index in [1.54, 1.807) is 0 Å². The molecule has 37 heavy (non-hydrogen) atoms. The number of hydrogen-bond donors (Lipinski definition) is 0. The van der Waals surface area contributed by atoms with Crippen molar-refractivity contribution in [2.24, 2.45) is 5.92 Å². The highest BCUT2D eigenvalue weighted by Crippen LogP contribution is 2.35. The lowest BCUT2D eigenvalue weighted by Crippen LogP contribution is -2.27. The van der Waals surface area contributed by atoms with Gasteiger partial charge in [0.1, 0.15) is 6.61 Å². The fourth-order valence-electron chi connectivity index (χ4n) is 4.20. The maximum Gasteiger partial charge on any atom is 0.201 e. The summed E-state index contributed by atoms with van der Waals surface area (Å²) in [7, 11) is 0. The Labute approximate surface area is 214 Å². The van der Waals surface area contributed by atoms with Crippen molar-refractivity contribution in [3.63, 3.8) is 0 Å². The van der Waals surface area contributed by atoms with Gasteiger partial charge in [0.15, 0.2) is 29.5 Å². The van der Waals surface area contributed by atoms with Crippen molar-refractivity contribution in [2.75, 3.05) is 19.8 Å². The number of hydrogen-bond acceptors (Lipinski definition) is 3. The molecule has 7 heteroatoms. The molecule has 0 radical (unpaired) electrons. The second-order valence-corrected chi connectivity index (χ2v) is 8.76. The molecule has 0 spiro atoms. The van der Waals surface area contributed by atoms with Crippen LogP contribution in [0.15, 0.2) is 73.3 Å². The Hall–Kier alpha value is -3.42. The third-order valence-electron chi connectivity index (χ3n) is 6.22. The largest absolute Gasteiger partial charge is 0.486 e. The topological polar surface area (TPSA) is 27.7 Å². The van der Waals surface area contributed by atoms with E-state index in [1.165, 1.54) is 54.6 Å². The number of rotatable bonds is 9. The second-order valence-electron chi connectivity index (χ2n) is 8.76. The first-order valence-corrected chi connectivity index (χ1v) is 12.1. The summed E-state index contributed by atoms with van der Waals surface area (Å²) in [5.41, 5.74) is 0.815. The molecule has 3 nitrogen and oxygen atoms in total. The highest BCUT2D eigenvalue weighted by atomic mass is 19.2. The average Bonchev–Trinajstić information content (AvgIpc) is 2.92. The van der Waals surface area contributed by atoms with Gasteiger partial charge in [-0.2, -0.15) is 4.39 Å². The van der Waals surface area contributed by atoms with Crippen molar-refractivity contribution in [2.45, 2.75) is 26.1 Å². The molecule has 4 rings (SSSR count). The summed E-state index contributed by atoms with van der Waals surface area (Å²) >= 11 is 0. The number of ether oxygens (including phenoxy) is 3. The zero-order valence-electron chi connectivity index (χ0n) is 20.5. The summed E-state index contributed by atoms with van der Waals surface area (Å²) in [5.74, 6) is -4.26. The lowest BCUT2D eigenvalue weighted by molar-refractivity contribution is -0.207. The van der Waals surface area contributed by atoms with E-state index >= 15 is 4.39 Å². The number of allylic oxidation sites excluding steroid dienone is 2. The normalized spacial score (nSPS) is 17.8. The molecule has 0 N–H and O–H groups in total. The maximum absolute atomic E-state index is 15.0. The molecule has 0 aliphatic carbocycles. The first-order valence-electron chi connectivity index (χ1n) is 12.1. The summed E-state index contributed by atoms with van der Waals surface area (Å²) in [6, 6.07) is 11.7. The highest BCUT2D eigenvalue weighted by Gasteiger charge is 2.28. The zero-order chi connectivity index (χ0) is 26.4. The van der Waals surface area contributed by atoms with E-state index in [0.717, 1.165) is 12.8 Å². The number of benzene rings is 3. The van der Waals surface area contributed by atoms with Gasteiger partial charge < -0.3 is 14.2 Å². The standard InChI is InChI=1S/C30H28F4O3/c1-3-5-6-7-19-17-36-30(37-18-19)24-13-12-22(26(31)28(24)33)20-8-10-21(11-9-20)23-14-15-25(35-16-4-2)29(34)27(23)32/h3-5,8-15,19,30H,2,6-7,16-18H2,1H3. The van der Waals surface area contributed by atoms with Gasteiger partial charge in [-0.05, 0) is 43.0 Å². The van der Waals surface area contributed by atoms with Crippen LogP contribution in [-0.2, 0) is 9.47 Å². The van der Waals surface area contributed by atoms with Crippen LogP contribution in [0.25, 0.3) is 22.3 Å². The fraction of sp³-hybridized carbons (Fsp3) is 0.267. The lowest BCUT2D eigenvalue weighted by atomic mass is 9.98. The van der Waals surface area contributed by atoms with E-state index in [2.05, 4.69) is 12.7 Å². The summed E-state index contributed by atoms with van der Waals surface area (Å²) in [4.78, 5) is 0. The van der Waals surface area contributed by atoms with Crippen LogP contribution < -0.4 is 4.74 Å². The van der Waals surface area contributed by atoms with E-state index in [0.29, 0.717) is 24.3 Å². The molecular weight excluding hydrogens is 484 g/mol. The van der Waals surface area contributed by atoms with Gasteiger partial charge in [0.05, 0.1) is 13.2 Å². The molecular formula is C30H28F4O3. The van der Waals surface area contributed by atoms with Gasteiger partial charge >= 0.3 is 0 Å². The minimum atomic E-state index is -1.11. The Balaban J connectivity index is 1.49. The van der Waals surface area contributed by atoms with Gasteiger partial charge in [-0.25, -0.2) is 13.2 Å².